The number of anilines is 1. The third-order valence-corrected chi connectivity index (χ3v) is 2.16. The Morgan fingerprint density at radius 2 is 2.00 bits per heavy atom. The van der Waals surface area contributed by atoms with E-state index in [1.54, 1.807) is 7.11 Å². The van der Waals surface area contributed by atoms with Crippen LogP contribution >= 0.6 is 0 Å². The minimum absolute atomic E-state index is 0.504. The first-order valence-corrected chi connectivity index (χ1v) is 4.49. The second-order valence-corrected chi connectivity index (χ2v) is 3.31. The Kier molecular flexibility index (Phi) is 3.12. The van der Waals surface area contributed by atoms with Gasteiger partial charge in [0.1, 0.15) is 5.82 Å². The first-order valence-electron chi connectivity index (χ1n) is 4.49. The molecule has 0 radical (unpaired) electrons. The summed E-state index contributed by atoms with van der Waals surface area (Å²) < 4.78 is 4.93. The fourth-order valence-corrected chi connectivity index (χ4v) is 1.15. The van der Waals surface area contributed by atoms with Crippen LogP contribution in [0.4, 0.5) is 5.82 Å². The second kappa shape index (κ2) is 4.13. The molecule has 0 fully saturated rings. The average molecular weight is 192 g/mol. The van der Waals surface area contributed by atoms with Crippen molar-refractivity contribution in [2.24, 2.45) is 0 Å². The van der Waals surface area contributed by atoms with Crippen LogP contribution in [0, 0.1) is 20.8 Å². The van der Waals surface area contributed by atoms with Crippen molar-refractivity contribution in [3.05, 3.63) is 35.3 Å². The molecule has 1 heterocycles. The molecule has 1 rings (SSSR count). The smallest absolute Gasteiger partial charge is 0.184 e. The SMILES string of the molecule is C=C(Nc1nc(C)c(C)cc1C)OC. The summed E-state index contributed by atoms with van der Waals surface area (Å²) in [5, 5.41) is 3.00. The van der Waals surface area contributed by atoms with E-state index >= 15 is 0 Å². The molecule has 0 aliphatic rings. The molecule has 3 nitrogen and oxygen atoms in total. The molecule has 0 unspecified atom stereocenters. The molecule has 3 heteroatoms. The maximum atomic E-state index is 4.93. The van der Waals surface area contributed by atoms with Gasteiger partial charge in [0.2, 0.25) is 0 Å². The summed E-state index contributed by atoms with van der Waals surface area (Å²) >= 11 is 0. The van der Waals surface area contributed by atoms with Crippen LogP contribution in [-0.2, 0) is 4.74 Å². The van der Waals surface area contributed by atoms with Gasteiger partial charge in [0.25, 0.3) is 0 Å². The van der Waals surface area contributed by atoms with Crippen LogP contribution in [0.3, 0.4) is 0 Å². The number of rotatable bonds is 3. The van der Waals surface area contributed by atoms with E-state index < -0.39 is 0 Å². The van der Waals surface area contributed by atoms with Crippen molar-refractivity contribution in [1.29, 1.82) is 0 Å². The van der Waals surface area contributed by atoms with Crippen molar-refractivity contribution in [2.45, 2.75) is 20.8 Å². The van der Waals surface area contributed by atoms with Crippen molar-refractivity contribution in [3.63, 3.8) is 0 Å². The molecule has 0 bridgehead atoms. The molecular weight excluding hydrogens is 176 g/mol. The Labute approximate surface area is 84.8 Å². The van der Waals surface area contributed by atoms with Crippen molar-refractivity contribution in [1.82, 2.24) is 4.98 Å². The molecule has 0 aliphatic heterocycles. The fourth-order valence-electron chi connectivity index (χ4n) is 1.15. The molecule has 0 saturated heterocycles. The van der Waals surface area contributed by atoms with E-state index in [0.717, 1.165) is 17.1 Å². The topological polar surface area (TPSA) is 34.2 Å². The van der Waals surface area contributed by atoms with Crippen LogP contribution in [0.25, 0.3) is 0 Å². The Morgan fingerprint density at radius 3 is 2.57 bits per heavy atom. The van der Waals surface area contributed by atoms with Gasteiger partial charge in [-0.25, -0.2) is 4.98 Å². The minimum Gasteiger partial charge on any atom is -0.483 e. The van der Waals surface area contributed by atoms with Crippen molar-refractivity contribution in [2.75, 3.05) is 12.4 Å². The lowest BCUT2D eigenvalue weighted by molar-refractivity contribution is 0.299. The van der Waals surface area contributed by atoms with Crippen molar-refractivity contribution in [3.8, 4) is 0 Å². The Morgan fingerprint density at radius 1 is 1.36 bits per heavy atom. The van der Waals surface area contributed by atoms with Crippen LogP contribution in [0.5, 0.6) is 0 Å². The van der Waals surface area contributed by atoms with Crippen LogP contribution in [0.1, 0.15) is 16.8 Å². The third-order valence-electron chi connectivity index (χ3n) is 2.16. The van der Waals surface area contributed by atoms with Crippen LogP contribution < -0.4 is 5.32 Å². The number of methoxy groups -OCH3 is 1. The lowest BCUT2D eigenvalue weighted by Gasteiger charge is -2.11. The Bertz CT molecular complexity index is 359. The molecular formula is C11H16N2O. The van der Waals surface area contributed by atoms with E-state index in [4.69, 9.17) is 4.74 Å². The minimum atomic E-state index is 0.504. The quantitative estimate of drug-likeness (QED) is 0.747. The molecule has 76 valence electrons. The fraction of sp³-hybridized carbons (Fsp3) is 0.364. The van der Waals surface area contributed by atoms with Gasteiger partial charge in [-0.3, -0.25) is 0 Å². The zero-order chi connectivity index (χ0) is 10.7. The third kappa shape index (κ3) is 2.25. The van der Waals surface area contributed by atoms with E-state index in [1.165, 1.54) is 5.56 Å². The zero-order valence-corrected chi connectivity index (χ0v) is 9.14. The van der Waals surface area contributed by atoms with Gasteiger partial charge in [0.05, 0.1) is 7.11 Å². The predicted molar refractivity (Wildman–Crippen MR) is 58.2 cm³/mol. The normalized spacial score (nSPS) is 9.71. The maximum Gasteiger partial charge on any atom is 0.184 e. The standard InChI is InChI=1S/C11H16N2O/c1-7-6-8(2)11(12-9(7)3)13-10(4)14-5/h6H,4H2,1-3,5H3,(H,12,13). The maximum absolute atomic E-state index is 4.93. The van der Waals surface area contributed by atoms with Gasteiger partial charge in [-0.15, -0.1) is 0 Å². The van der Waals surface area contributed by atoms with E-state index in [-0.39, 0.29) is 0 Å². The van der Waals surface area contributed by atoms with Gasteiger partial charge in [-0.05, 0) is 38.5 Å². The van der Waals surface area contributed by atoms with Gasteiger partial charge in [-0.1, -0.05) is 6.07 Å². The Hall–Kier alpha value is -1.51. The van der Waals surface area contributed by atoms with E-state index in [0.29, 0.717) is 5.88 Å². The largest absolute Gasteiger partial charge is 0.483 e. The number of aryl methyl sites for hydroxylation is 3. The van der Waals surface area contributed by atoms with Gasteiger partial charge >= 0.3 is 0 Å². The van der Waals surface area contributed by atoms with Gasteiger partial charge in [0, 0.05) is 5.69 Å². The van der Waals surface area contributed by atoms with E-state index in [1.807, 2.05) is 20.8 Å². The van der Waals surface area contributed by atoms with Gasteiger partial charge in [-0.2, -0.15) is 0 Å². The second-order valence-electron chi connectivity index (χ2n) is 3.31. The van der Waals surface area contributed by atoms with Crippen molar-refractivity contribution < 1.29 is 4.74 Å². The number of hydrogen-bond donors (Lipinski definition) is 1. The summed E-state index contributed by atoms with van der Waals surface area (Å²) in [6, 6.07) is 2.09. The summed E-state index contributed by atoms with van der Waals surface area (Å²) in [5.74, 6) is 1.31. The zero-order valence-electron chi connectivity index (χ0n) is 9.14. The molecule has 0 spiro atoms. The molecule has 0 atom stereocenters. The molecule has 0 aliphatic carbocycles. The first kappa shape index (κ1) is 10.6. The molecule has 0 saturated carbocycles. The van der Waals surface area contributed by atoms with Crippen LogP contribution in [0.15, 0.2) is 18.5 Å². The number of pyridine rings is 1. The van der Waals surface area contributed by atoms with E-state index in [2.05, 4.69) is 22.9 Å². The highest BCUT2D eigenvalue weighted by molar-refractivity contribution is 5.49. The Balaban J connectivity index is 2.98. The molecule has 1 aromatic heterocycles. The highest BCUT2D eigenvalue weighted by Gasteiger charge is 2.03. The first-order chi connectivity index (χ1) is 6.54. The number of nitrogens with zero attached hydrogens (tertiary/aromatic N) is 1. The number of ether oxygens (including phenoxy) is 1. The number of aromatic nitrogens is 1. The summed E-state index contributed by atoms with van der Waals surface area (Å²) in [6.07, 6.45) is 0. The van der Waals surface area contributed by atoms with Crippen molar-refractivity contribution >= 4 is 5.82 Å². The molecule has 1 aromatic rings. The molecule has 14 heavy (non-hydrogen) atoms. The summed E-state index contributed by atoms with van der Waals surface area (Å²) in [7, 11) is 1.58. The summed E-state index contributed by atoms with van der Waals surface area (Å²) in [6.45, 7) is 9.72. The van der Waals surface area contributed by atoms with Crippen LogP contribution in [-0.4, -0.2) is 12.1 Å². The molecule has 1 N–H and O–H groups in total. The molecule has 0 amide bonds. The summed E-state index contributed by atoms with van der Waals surface area (Å²) in [5.41, 5.74) is 3.30. The monoisotopic (exact) mass is 192 g/mol. The molecule has 0 aromatic carbocycles. The highest BCUT2D eigenvalue weighted by atomic mass is 16.5. The predicted octanol–water partition coefficient (Wildman–Crippen LogP) is 2.54. The lowest BCUT2D eigenvalue weighted by atomic mass is 10.1. The summed E-state index contributed by atoms with van der Waals surface area (Å²) in [4.78, 5) is 4.41. The number of hydrogen-bond acceptors (Lipinski definition) is 3. The van der Waals surface area contributed by atoms with Gasteiger partial charge < -0.3 is 10.1 Å². The average Bonchev–Trinajstić information content (AvgIpc) is 2.14. The highest BCUT2D eigenvalue weighted by Crippen LogP contribution is 2.16. The van der Waals surface area contributed by atoms with Crippen LogP contribution in [0.2, 0.25) is 0 Å². The number of nitrogens with one attached hydrogen (secondary N) is 1. The van der Waals surface area contributed by atoms with E-state index in [9.17, 15) is 0 Å². The van der Waals surface area contributed by atoms with Gasteiger partial charge in [0.15, 0.2) is 5.88 Å². The lowest BCUT2D eigenvalue weighted by Crippen LogP contribution is -2.05.